The van der Waals surface area contributed by atoms with Gasteiger partial charge in [-0.15, -0.1) is 0 Å². The highest BCUT2D eigenvalue weighted by Crippen LogP contribution is 2.29. The number of rotatable bonds is 4. The van der Waals surface area contributed by atoms with Crippen LogP contribution in [0.3, 0.4) is 0 Å². The molecule has 94 valence electrons. The summed E-state index contributed by atoms with van der Waals surface area (Å²) in [6.07, 6.45) is 7.37. The van der Waals surface area contributed by atoms with Gasteiger partial charge in [-0.1, -0.05) is 19.3 Å². The zero-order chi connectivity index (χ0) is 12.3. The fourth-order valence-electron chi connectivity index (χ4n) is 2.64. The lowest BCUT2D eigenvalue weighted by Crippen LogP contribution is -2.33. The summed E-state index contributed by atoms with van der Waals surface area (Å²) < 4.78 is 7.07. The number of aryl methyl sites for hydroxylation is 1. The number of Topliss-reactive ketones (excluding diaryl/α,β-unsaturated/α-hetero) is 1. The first kappa shape index (κ1) is 12.3. The number of methoxy groups -OCH3 is 1. The van der Waals surface area contributed by atoms with Gasteiger partial charge in [0, 0.05) is 20.4 Å². The van der Waals surface area contributed by atoms with E-state index in [0.717, 1.165) is 12.8 Å². The van der Waals surface area contributed by atoms with E-state index in [0.29, 0.717) is 11.6 Å². The number of hydrogen-bond donors (Lipinski definition) is 0. The van der Waals surface area contributed by atoms with Crippen molar-refractivity contribution in [2.45, 2.75) is 38.2 Å². The van der Waals surface area contributed by atoms with Crippen molar-refractivity contribution in [3.63, 3.8) is 0 Å². The molecule has 1 aromatic heterocycles. The standard InChI is InChI=1S/C13H20N2O2/c1-15-9-8-11(14-15)12(16)13(17-2)10-6-4-3-5-7-10/h8-10,13H,3-7H2,1-2H3. The third-order valence-corrected chi connectivity index (χ3v) is 3.56. The Morgan fingerprint density at radius 1 is 1.47 bits per heavy atom. The van der Waals surface area contributed by atoms with Crippen LogP contribution in [-0.2, 0) is 11.8 Å². The zero-order valence-corrected chi connectivity index (χ0v) is 10.6. The number of ether oxygens (including phenoxy) is 1. The van der Waals surface area contributed by atoms with Crippen LogP contribution in [0.25, 0.3) is 0 Å². The molecule has 0 aliphatic heterocycles. The molecule has 2 rings (SSSR count). The van der Waals surface area contributed by atoms with Gasteiger partial charge in [-0.05, 0) is 24.8 Å². The first-order chi connectivity index (χ1) is 8.22. The quantitative estimate of drug-likeness (QED) is 0.753. The van der Waals surface area contributed by atoms with Crippen LogP contribution in [0.4, 0.5) is 0 Å². The number of carbonyl (C=O) groups is 1. The molecule has 0 saturated heterocycles. The van der Waals surface area contributed by atoms with Crippen molar-refractivity contribution in [3.05, 3.63) is 18.0 Å². The molecule has 1 saturated carbocycles. The SMILES string of the molecule is COC(C(=O)c1ccn(C)n1)C1CCCCC1. The van der Waals surface area contributed by atoms with Gasteiger partial charge < -0.3 is 4.74 Å². The Hall–Kier alpha value is -1.16. The third-order valence-electron chi connectivity index (χ3n) is 3.56. The maximum Gasteiger partial charge on any atom is 0.211 e. The van der Waals surface area contributed by atoms with Gasteiger partial charge in [0.2, 0.25) is 5.78 Å². The van der Waals surface area contributed by atoms with Crippen molar-refractivity contribution in [2.24, 2.45) is 13.0 Å². The first-order valence-electron chi connectivity index (χ1n) is 6.29. The summed E-state index contributed by atoms with van der Waals surface area (Å²) in [6.45, 7) is 0. The summed E-state index contributed by atoms with van der Waals surface area (Å²) in [5.41, 5.74) is 0.518. The maximum atomic E-state index is 12.3. The minimum Gasteiger partial charge on any atom is -0.373 e. The summed E-state index contributed by atoms with van der Waals surface area (Å²) in [5.74, 6) is 0.392. The lowest BCUT2D eigenvalue weighted by molar-refractivity contribution is 0.0309. The minimum atomic E-state index is -0.315. The van der Waals surface area contributed by atoms with Crippen molar-refractivity contribution in [1.82, 2.24) is 9.78 Å². The number of aromatic nitrogens is 2. The van der Waals surface area contributed by atoms with Gasteiger partial charge in [-0.2, -0.15) is 5.10 Å². The molecule has 0 aromatic carbocycles. The molecule has 17 heavy (non-hydrogen) atoms. The predicted molar refractivity (Wildman–Crippen MR) is 64.9 cm³/mol. The second kappa shape index (κ2) is 5.45. The van der Waals surface area contributed by atoms with E-state index in [1.54, 1.807) is 24.1 Å². The Morgan fingerprint density at radius 3 is 2.71 bits per heavy atom. The van der Waals surface area contributed by atoms with E-state index in [9.17, 15) is 4.79 Å². The molecule has 0 N–H and O–H groups in total. The molecule has 1 aliphatic carbocycles. The number of nitrogens with zero attached hydrogens (tertiary/aromatic N) is 2. The highest BCUT2D eigenvalue weighted by atomic mass is 16.5. The van der Waals surface area contributed by atoms with Gasteiger partial charge >= 0.3 is 0 Å². The molecule has 0 spiro atoms. The zero-order valence-electron chi connectivity index (χ0n) is 10.6. The first-order valence-corrected chi connectivity index (χ1v) is 6.29. The summed E-state index contributed by atoms with van der Waals surface area (Å²) in [4.78, 5) is 12.3. The fraction of sp³-hybridized carbons (Fsp3) is 0.692. The Kier molecular flexibility index (Phi) is 3.94. The van der Waals surface area contributed by atoms with E-state index in [1.165, 1.54) is 19.3 Å². The lowest BCUT2D eigenvalue weighted by atomic mass is 9.83. The third kappa shape index (κ3) is 2.75. The van der Waals surface area contributed by atoms with E-state index < -0.39 is 0 Å². The van der Waals surface area contributed by atoms with Gasteiger partial charge in [-0.3, -0.25) is 9.48 Å². The fourth-order valence-corrected chi connectivity index (χ4v) is 2.64. The van der Waals surface area contributed by atoms with Crippen LogP contribution in [0.2, 0.25) is 0 Å². The molecule has 0 amide bonds. The molecule has 1 heterocycles. The normalized spacial score (nSPS) is 19.2. The van der Waals surface area contributed by atoms with Crippen LogP contribution in [0.15, 0.2) is 12.3 Å². The molecule has 1 fully saturated rings. The number of carbonyl (C=O) groups excluding carboxylic acids is 1. The highest BCUT2D eigenvalue weighted by Gasteiger charge is 2.31. The number of ketones is 1. The maximum absolute atomic E-state index is 12.3. The van der Waals surface area contributed by atoms with Crippen molar-refractivity contribution in [3.8, 4) is 0 Å². The monoisotopic (exact) mass is 236 g/mol. The van der Waals surface area contributed by atoms with Crippen molar-refractivity contribution < 1.29 is 9.53 Å². The van der Waals surface area contributed by atoms with Crippen molar-refractivity contribution in [1.29, 1.82) is 0 Å². The van der Waals surface area contributed by atoms with E-state index >= 15 is 0 Å². The second-order valence-corrected chi connectivity index (χ2v) is 4.79. The van der Waals surface area contributed by atoms with Crippen molar-refractivity contribution in [2.75, 3.05) is 7.11 Å². The van der Waals surface area contributed by atoms with Crippen LogP contribution in [0, 0.1) is 5.92 Å². The molecule has 1 unspecified atom stereocenters. The highest BCUT2D eigenvalue weighted by molar-refractivity contribution is 5.97. The van der Waals surface area contributed by atoms with Gasteiger partial charge in [0.05, 0.1) is 0 Å². The molecule has 4 heteroatoms. The smallest absolute Gasteiger partial charge is 0.211 e. The molecule has 0 bridgehead atoms. The minimum absolute atomic E-state index is 0.0278. The lowest BCUT2D eigenvalue weighted by Gasteiger charge is -2.27. The van der Waals surface area contributed by atoms with E-state index in [2.05, 4.69) is 5.10 Å². The molecule has 1 aromatic rings. The summed E-state index contributed by atoms with van der Waals surface area (Å²) in [5, 5.41) is 4.16. The Balaban J connectivity index is 2.09. The van der Waals surface area contributed by atoms with Gasteiger partial charge in [0.1, 0.15) is 11.8 Å². The molecule has 1 aliphatic rings. The number of hydrogen-bond acceptors (Lipinski definition) is 3. The van der Waals surface area contributed by atoms with E-state index in [-0.39, 0.29) is 11.9 Å². The van der Waals surface area contributed by atoms with Crippen LogP contribution in [0.1, 0.15) is 42.6 Å². The van der Waals surface area contributed by atoms with Crippen LogP contribution in [-0.4, -0.2) is 28.8 Å². The molecule has 1 atom stereocenters. The van der Waals surface area contributed by atoms with Gasteiger partial charge in [0.25, 0.3) is 0 Å². The predicted octanol–water partition coefficient (Wildman–Crippen LogP) is 2.20. The average Bonchev–Trinajstić information content (AvgIpc) is 2.78. The van der Waals surface area contributed by atoms with E-state index in [4.69, 9.17) is 4.74 Å². The van der Waals surface area contributed by atoms with Crippen molar-refractivity contribution >= 4 is 5.78 Å². The molecule has 0 radical (unpaired) electrons. The Labute approximate surface area is 102 Å². The molecular formula is C13H20N2O2. The largest absolute Gasteiger partial charge is 0.373 e. The molecule has 4 nitrogen and oxygen atoms in total. The molecular weight excluding hydrogens is 216 g/mol. The Bertz CT molecular complexity index is 381. The summed E-state index contributed by atoms with van der Waals surface area (Å²) >= 11 is 0. The van der Waals surface area contributed by atoms with E-state index in [1.807, 2.05) is 7.05 Å². The van der Waals surface area contributed by atoms with Crippen LogP contribution >= 0.6 is 0 Å². The second-order valence-electron chi connectivity index (χ2n) is 4.79. The van der Waals surface area contributed by atoms with Crippen LogP contribution in [0.5, 0.6) is 0 Å². The summed E-state index contributed by atoms with van der Waals surface area (Å²) in [7, 11) is 3.44. The van der Waals surface area contributed by atoms with Gasteiger partial charge in [0.15, 0.2) is 0 Å². The topological polar surface area (TPSA) is 44.1 Å². The Morgan fingerprint density at radius 2 is 2.18 bits per heavy atom. The van der Waals surface area contributed by atoms with Gasteiger partial charge in [-0.25, -0.2) is 0 Å². The average molecular weight is 236 g/mol. The van der Waals surface area contributed by atoms with Crippen LogP contribution < -0.4 is 0 Å². The summed E-state index contributed by atoms with van der Waals surface area (Å²) in [6, 6.07) is 1.76.